The molecular formula is C12H9F3O3. The van der Waals surface area contributed by atoms with Crippen molar-refractivity contribution in [3.63, 3.8) is 0 Å². The Morgan fingerprint density at radius 3 is 2.22 bits per heavy atom. The summed E-state index contributed by atoms with van der Waals surface area (Å²) in [6.07, 6.45) is -4.52. The van der Waals surface area contributed by atoms with Crippen molar-refractivity contribution < 1.29 is 27.8 Å². The number of hydrogen-bond donors (Lipinski definition) is 1. The third kappa shape index (κ3) is 1.88. The molecule has 1 heterocycles. The molecule has 0 aromatic heterocycles. The van der Waals surface area contributed by atoms with E-state index in [9.17, 15) is 23.1 Å². The second-order valence-electron chi connectivity index (χ2n) is 3.98. The van der Waals surface area contributed by atoms with Crippen LogP contribution in [0.2, 0.25) is 0 Å². The monoisotopic (exact) mass is 258 g/mol. The molecule has 0 saturated heterocycles. The van der Waals surface area contributed by atoms with Gasteiger partial charge in [0, 0.05) is 11.6 Å². The molecule has 1 aromatic rings. The highest BCUT2D eigenvalue weighted by Gasteiger charge is 2.64. The number of carbonyl (C=O) groups excluding carboxylic acids is 1. The van der Waals surface area contributed by atoms with Crippen LogP contribution in [-0.2, 0) is 9.53 Å². The summed E-state index contributed by atoms with van der Waals surface area (Å²) in [4.78, 5) is 11.2. The highest BCUT2D eigenvalue weighted by molar-refractivity contribution is 6.04. The largest absolute Gasteiger partial charge is 0.464 e. The maximum Gasteiger partial charge on any atom is 0.464 e. The number of rotatable bonds is 1. The highest BCUT2D eigenvalue weighted by Crippen LogP contribution is 2.40. The molecule has 0 spiro atoms. The molecule has 0 saturated carbocycles. The van der Waals surface area contributed by atoms with Crippen molar-refractivity contribution in [3.8, 4) is 0 Å². The average Bonchev–Trinajstić information content (AvgIpc) is 2.57. The van der Waals surface area contributed by atoms with Crippen LogP contribution < -0.4 is 0 Å². The fourth-order valence-corrected chi connectivity index (χ4v) is 1.51. The number of aryl methyl sites for hydroxylation is 1. The van der Waals surface area contributed by atoms with E-state index in [-0.39, 0.29) is 5.76 Å². The van der Waals surface area contributed by atoms with Gasteiger partial charge in [-0.15, -0.1) is 0 Å². The predicted octanol–water partition coefficient (Wildman–Crippen LogP) is 2.19. The molecule has 0 bridgehead atoms. The molecule has 96 valence electrons. The Morgan fingerprint density at radius 1 is 1.22 bits per heavy atom. The average molecular weight is 258 g/mol. The number of alkyl halides is 3. The quantitative estimate of drug-likeness (QED) is 0.839. The first-order chi connectivity index (χ1) is 8.24. The molecule has 1 N–H and O–H groups in total. The second kappa shape index (κ2) is 3.84. The van der Waals surface area contributed by atoms with Gasteiger partial charge < -0.3 is 9.84 Å². The first-order valence-corrected chi connectivity index (χ1v) is 5.05. The first kappa shape index (κ1) is 12.6. The van der Waals surface area contributed by atoms with Crippen molar-refractivity contribution in [2.75, 3.05) is 0 Å². The second-order valence-corrected chi connectivity index (χ2v) is 3.98. The van der Waals surface area contributed by atoms with Crippen LogP contribution in [0.4, 0.5) is 13.2 Å². The van der Waals surface area contributed by atoms with E-state index in [1.165, 1.54) is 12.1 Å². The van der Waals surface area contributed by atoms with Gasteiger partial charge in [-0.3, -0.25) is 4.79 Å². The maximum atomic E-state index is 12.5. The van der Waals surface area contributed by atoms with Crippen LogP contribution in [0.3, 0.4) is 0 Å². The van der Waals surface area contributed by atoms with E-state index >= 15 is 0 Å². The summed E-state index contributed by atoms with van der Waals surface area (Å²) in [6.45, 7) is 1.81. The van der Waals surface area contributed by atoms with Crippen LogP contribution in [0.1, 0.15) is 11.1 Å². The molecule has 1 aliphatic heterocycles. The van der Waals surface area contributed by atoms with Crippen LogP contribution in [0.25, 0.3) is 5.76 Å². The van der Waals surface area contributed by atoms with Gasteiger partial charge in [-0.1, -0.05) is 29.8 Å². The molecule has 1 atom stereocenters. The highest BCUT2D eigenvalue weighted by atomic mass is 19.4. The third-order valence-electron chi connectivity index (χ3n) is 2.57. The molecule has 6 heteroatoms. The molecule has 0 aliphatic carbocycles. The Bertz CT molecular complexity index is 516. The van der Waals surface area contributed by atoms with E-state index in [1.54, 1.807) is 12.1 Å². The maximum absolute atomic E-state index is 12.5. The van der Waals surface area contributed by atoms with Crippen molar-refractivity contribution in [1.82, 2.24) is 0 Å². The molecule has 1 unspecified atom stereocenters. The van der Waals surface area contributed by atoms with Gasteiger partial charge in [-0.2, -0.15) is 13.2 Å². The van der Waals surface area contributed by atoms with Gasteiger partial charge in [-0.25, -0.2) is 0 Å². The molecular weight excluding hydrogens is 249 g/mol. The summed E-state index contributed by atoms with van der Waals surface area (Å²) in [7, 11) is 0. The summed E-state index contributed by atoms with van der Waals surface area (Å²) < 4.78 is 42.0. The lowest BCUT2D eigenvalue weighted by molar-refractivity contribution is -0.318. The smallest absolute Gasteiger partial charge is 0.447 e. The standard InChI is InChI=1S/C12H9F3O3/c1-7-2-4-8(5-3-7)9-6-10(16)11(17,18-9)12(13,14)15/h2-6,17H,1H3. The zero-order valence-electron chi connectivity index (χ0n) is 9.28. The normalized spacial score (nSPS) is 23.8. The van der Waals surface area contributed by atoms with Crippen LogP contribution in [0, 0.1) is 6.92 Å². The van der Waals surface area contributed by atoms with Crippen LogP contribution >= 0.6 is 0 Å². The SMILES string of the molecule is Cc1ccc(C2=CC(=O)C(O)(C(F)(F)F)O2)cc1. The molecule has 0 fully saturated rings. The molecule has 3 nitrogen and oxygen atoms in total. The predicted molar refractivity (Wildman–Crippen MR) is 56.3 cm³/mol. The summed E-state index contributed by atoms with van der Waals surface area (Å²) in [5, 5.41) is 9.23. The van der Waals surface area contributed by atoms with E-state index in [2.05, 4.69) is 4.74 Å². The zero-order chi connectivity index (χ0) is 13.6. The minimum atomic E-state index is -5.17. The number of ketones is 1. The van der Waals surface area contributed by atoms with E-state index < -0.39 is 17.7 Å². The number of halogens is 3. The third-order valence-corrected chi connectivity index (χ3v) is 2.57. The summed E-state index contributed by atoms with van der Waals surface area (Å²) in [6, 6.07) is 6.34. The minimum absolute atomic E-state index is 0.292. The van der Waals surface area contributed by atoms with Crippen molar-refractivity contribution in [1.29, 1.82) is 0 Å². The lowest BCUT2D eigenvalue weighted by atomic mass is 10.1. The van der Waals surface area contributed by atoms with Gasteiger partial charge in [0.1, 0.15) is 5.76 Å². The molecule has 0 radical (unpaired) electrons. The Hall–Kier alpha value is -1.82. The molecule has 18 heavy (non-hydrogen) atoms. The first-order valence-electron chi connectivity index (χ1n) is 5.05. The Balaban J connectivity index is 2.33. The van der Waals surface area contributed by atoms with Crippen molar-refractivity contribution in [2.45, 2.75) is 18.9 Å². The van der Waals surface area contributed by atoms with Crippen molar-refractivity contribution in [2.24, 2.45) is 0 Å². The zero-order valence-corrected chi connectivity index (χ0v) is 9.28. The Kier molecular flexibility index (Phi) is 2.70. The van der Waals surface area contributed by atoms with Gasteiger partial charge in [0.15, 0.2) is 0 Å². The van der Waals surface area contributed by atoms with Gasteiger partial charge in [-0.05, 0) is 6.92 Å². The topological polar surface area (TPSA) is 46.5 Å². The number of ether oxygens (including phenoxy) is 1. The summed E-state index contributed by atoms with van der Waals surface area (Å²) >= 11 is 0. The van der Waals surface area contributed by atoms with Gasteiger partial charge in [0.2, 0.25) is 5.78 Å². The summed E-state index contributed by atoms with van der Waals surface area (Å²) in [5.41, 5.74) is 1.21. The Morgan fingerprint density at radius 2 is 1.78 bits per heavy atom. The van der Waals surface area contributed by atoms with Crippen molar-refractivity contribution in [3.05, 3.63) is 41.5 Å². The molecule has 0 amide bonds. The minimum Gasteiger partial charge on any atom is -0.447 e. The van der Waals surface area contributed by atoms with E-state index in [0.29, 0.717) is 11.6 Å². The lowest BCUT2D eigenvalue weighted by Gasteiger charge is -2.24. The number of hydrogen-bond acceptors (Lipinski definition) is 3. The summed E-state index contributed by atoms with van der Waals surface area (Å²) in [5.74, 6) is -5.59. The fourth-order valence-electron chi connectivity index (χ4n) is 1.51. The Labute approximate surface area is 100 Å². The van der Waals surface area contributed by atoms with Gasteiger partial charge in [0.25, 0.3) is 0 Å². The van der Waals surface area contributed by atoms with Crippen LogP contribution in [0.15, 0.2) is 30.3 Å². The number of aliphatic hydroxyl groups is 1. The van der Waals surface area contributed by atoms with Crippen molar-refractivity contribution >= 4 is 11.5 Å². The lowest BCUT2D eigenvalue weighted by Crippen LogP contribution is -2.50. The van der Waals surface area contributed by atoms with Gasteiger partial charge in [0.05, 0.1) is 0 Å². The molecule has 2 rings (SSSR count). The van der Waals surface area contributed by atoms with E-state index in [1.807, 2.05) is 6.92 Å². The molecule has 1 aromatic carbocycles. The molecule has 1 aliphatic rings. The number of carbonyl (C=O) groups is 1. The van der Waals surface area contributed by atoms with Gasteiger partial charge >= 0.3 is 12.0 Å². The fraction of sp³-hybridized carbons (Fsp3) is 0.250. The van der Waals surface area contributed by atoms with Crippen LogP contribution in [-0.4, -0.2) is 22.9 Å². The van der Waals surface area contributed by atoms with E-state index in [4.69, 9.17) is 0 Å². The number of benzene rings is 1. The van der Waals surface area contributed by atoms with E-state index in [0.717, 1.165) is 5.56 Å². The van der Waals surface area contributed by atoms with Crippen LogP contribution in [0.5, 0.6) is 0 Å².